The van der Waals surface area contributed by atoms with Crippen molar-refractivity contribution in [3.05, 3.63) is 24.3 Å². The van der Waals surface area contributed by atoms with Crippen molar-refractivity contribution in [1.82, 2.24) is 10.6 Å². The molecule has 2 aliphatic rings. The monoisotopic (exact) mass is 306 g/mol. The maximum absolute atomic E-state index is 12.5. The number of carbonyl (C=O) groups excluding carboxylic acids is 1. The molecule has 0 saturated carbocycles. The van der Waals surface area contributed by atoms with Gasteiger partial charge in [-0.3, -0.25) is 4.79 Å². The predicted molar refractivity (Wildman–Crippen MR) is 81.2 cm³/mol. The van der Waals surface area contributed by atoms with Crippen LogP contribution < -0.4 is 20.1 Å². The smallest absolute Gasteiger partial charge is 0.230 e. The minimum Gasteiger partial charge on any atom is -0.486 e. The van der Waals surface area contributed by atoms with Gasteiger partial charge in [-0.1, -0.05) is 12.1 Å². The van der Waals surface area contributed by atoms with Gasteiger partial charge in [0.05, 0.1) is 18.6 Å². The molecule has 2 unspecified atom stereocenters. The standard InChI is InChI=1S/C16H22N2O4/c1-20-11-16(6-7-17-10-16)15(19)18-8-12-9-21-13-4-2-3-5-14(13)22-12/h2-5,12,17H,6-11H2,1H3,(H,18,19). The van der Waals surface area contributed by atoms with Crippen molar-refractivity contribution in [1.29, 1.82) is 0 Å². The van der Waals surface area contributed by atoms with E-state index in [4.69, 9.17) is 14.2 Å². The minimum absolute atomic E-state index is 0.0156. The number of para-hydroxylation sites is 2. The highest BCUT2D eigenvalue weighted by Gasteiger charge is 2.41. The largest absolute Gasteiger partial charge is 0.486 e. The van der Waals surface area contributed by atoms with Crippen LogP contribution in [0.15, 0.2) is 24.3 Å². The first-order valence-electron chi connectivity index (χ1n) is 7.60. The molecule has 1 amide bonds. The number of carbonyl (C=O) groups is 1. The molecule has 6 nitrogen and oxygen atoms in total. The van der Waals surface area contributed by atoms with E-state index in [9.17, 15) is 4.79 Å². The molecular weight excluding hydrogens is 284 g/mol. The summed E-state index contributed by atoms with van der Waals surface area (Å²) in [6.07, 6.45) is 0.616. The number of fused-ring (bicyclic) bond motifs is 1. The van der Waals surface area contributed by atoms with Gasteiger partial charge in [0, 0.05) is 13.7 Å². The average molecular weight is 306 g/mol. The first-order valence-corrected chi connectivity index (χ1v) is 7.60. The Morgan fingerprint density at radius 3 is 3.00 bits per heavy atom. The molecule has 0 radical (unpaired) electrons. The van der Waals surface area contributed by atoms with Crippen molar-refractivity contribution in [3.63, 3.8) is 0 Å². The van der Waals surface area contributed by atoms with Crippen molar-refractivity contribution in [3.8, 4) is 11.5 Å². The van der Waals surface area contributed by atoms with Crippen molar-refractivity contribution >= 4 is 5.91 Å². The van der Waals surface area contributed by atoms with Gasteiger partial charge in [0.2, 0.25) is 5.91 Å². The molecule has 2 atom stereocenters. The highest BCUT2D eigenvalue weighted by Crippen LogP contribution is 2.31. The Bertz CT molecular complexity index is 529. The van der Waals surface area contributed by atoms with Crippen LogP contribution in [-0.4, -0.2) is 52.0 Å². The van der Waals surface area contributed by atoms with Gasteiger partial charge < -0.3 is 24.8 Å². The van der Waals surface area contributed by atoms with Crippen LogP contribution in [0, 0.1) is 5.41 Å². The van der Waals surface area contributed by atoms with Gasteiger partial charge in [-0.2, -0.15) is 0 Å². The third-order valence-electron chi connectivity index (χ3n) is 4.20. The molecule has 3 rings (SSSR count). The quantitative estimate of drug-likeness (QED) is 0.832. The number of hydrogen-bond acceptors (Lipinski definition) is 5. The maximum Gasteiger partial charge on any atom is 0.230 e. The first-order chi connectivity index (χ1) is 10.7. The van der Waals surface area contributed by atoms with E-state index in [1.54, 1.807) is 7.11 Å². The van der Waals surface area contributed by atoms with Gasteiger partial charge in [-0.25, -0.2) is 0 Å². The second kappa shape index (κ2) is 6.54. The summed E-state index contributed by atoms with van der Waals surface area (Å²) < 4.78 is 16.7. The summed E-state index contributed by atoms with van der Waals surface area (Å²) in [5.41, 5.74) is -0.470. The average Bonchev–Trinajstić information content (AvgIpc) is 3.02. The lowest BCUT2D eigenvalue weighted by atomic mass is 9.87. The summed E-state index contributed by atoms with van der Waals surface area (Å²) >= 11 is 0. The fraction of sp³-hybridized carbons (Fsp3) is 0.562. The van der Waals surface area contributed by atoms with Crippen LogP contribution in [-0.2, 0) is 9.53 Å². The van der Waals surface area contributed by atoms with Crippen LogP contribution in [0.25, 0.3) is 0 Å². The number of ether oxygens (including phenoxy) is 3. The molecule has 22 heavy (non-hydrogen) atoms. The normalized spacial score (nSPS) is 26.7. The SMILES string of the molecule is COCC1(C(=O)NCC2COc3ccccc3O2)CCNC1. The zero-order valence-corrected chi connectivity index (χ0v) is 12.8. The Morgan fingerprint density at radius 2 is 2.27 bits per heavy atom. The molecule has 0 spiro atoms. The fourth-order valence-corrected chi connectivity index (χ4v) is 2.96. The summed E-state index contributed by atoms with van der Waals surface area (Å²) in [6.45, 7) is 2.78. The van der Waals surface area contributed by atoms with Crippen LogP contribution in [0.1, 0.15) is 6.42 Å². The lowest BCUT2D eigenvalue weighted by molar-refractivity contribution is -0.133. The molecule has 0 bridgehead atoms. The van der Waals surface area contributed by atoms with Crippen molar-refractivity contribution in [2.45, 2.75) is 12.5 Å². The third-order valence-corrected chi connectivity index (χ3v) is 4.20. The number of rotatable bonds is 5. The number of methoxy groups -OCH3 is 1. The number of hydrogen-bond donors (Lipinski definition) is 2. The van der Waals surface area contributed by atoms with Crippen LogP contribution in [0.3, 0.4) is 0 Å². The van der Waals surface area contributed by atoms with Crippen molar-refractivity contribution in [2.24, 2.45) is 5.41 Å². The topological polar surface area (TPSA) is 68.8 Å². The van der Waals surface area contributed by atoms with Crippen LogP contribution in [0.5, 0.6) is 11.5 Å². The van der Waals surface area contributed by atoms with E-state index >= 15 is 0 Å². The Kier molecular flexibility index (Phi) is 4.49. The van der Waals surface area contributed by atoms with Gasteiger partial charge in [0.25, 0.3) is 0 Å². The van der Waals surface area contributed by atoms with Gasteiger partial charge in [0.15, 0.2) is 11.5 Å². The molecule has 0 aliphatic carbocycles. The molecule has 0 aromatic heterocycles. The van der Waals surface area contributed by atoms with Crippen molar-refractivity contribution < 1.29 is 19.0 Å². The number of nitrogens with one attached hydrogen (secondary N) is 2. The van der Waals surface area contributed by atoms with E-state index in [1.807, 2.05) is 24.3 Å². The van der Waals surface area contributed by atoms with Crippen molar-refractivity contribution in [2.75, 3.05) is 40.0 Å². The summed E-state index contributed by atoms with van der Waals surface area (Å²) in [5.74, 6) is 1.49. The molecule has 1 fully saturated rings. The molecule has 2 aliphatic heterocycles. The molecule has 1 aromatic carbocycles. The van der Waals surface area contributed by atoms with Crippen LogP contribution in [0.2, 0.25) is 0 Å². The number of benzene rings is 1. The van der Waals surface area contributed by atoms with E-state index < -0.39 is 5.41 Å². The van der Waals surface area contributed by atoms with Crippen LogP contribution in [0.4, 0.5) is 0 Å². The Labute approximate surface area is 130 Å². The Balaban J connectivity index is 1.55. The molecule has 120 valence electrons. The molecule has 2 N–H and O–H groups in total. The molecule has 1 aromatic rings. The zero-order chi connectivity index (χ0) is 15.4. The summed E-state index contributed by atoms with van der Waals surface area (Å²) in [5, 5.41) is 6.22. The lowest BCUT2D eigenvalue weighted by Crippen LogP contribution is -2.49. The van der Waals surface area contributed by atoms with E-state index in [-0.39, 0.29) is 12.0 Å². The number of amides is 1. The van der Waals surface area contributed by atoms with Gasteiger partial charge in [0.1, 0.15) is 12.7 Å². The second-order valence-corrected chi connectivity index (χ2v) is 5.85. The molecule has 6 heteroatoms. The first kappa shape index (κ1) is 15.1. The summed E-state index contributed by atoms with van der Waals surface area (Å²) in [6, 6.07) is 7.56. The summed E-state index contributed by atoms with van der Waals surface area (Å²) in [7, 11) is 1.63. The van der Waals surface area contributed by atoms with Gasteiger partial charge in [-0.05, 0) is 25.1 Å². The maximum atomic E-state index is 12.5. The molecular formula is C16H22N2O4. The predicted octanol–water partition coefficient (Wildman–Crippen LogP) is 0.569. The zero-order valence-electron chi connectivity index (χ0n) is 12.8. The summed E-state index contributed by atoms with van der Waals surface area (Å²) in [4.78, 5) is 12.5. The third kappa shape index (κ3) is 3.03. The van der Waals surface area contributed by atoms with E-state index in [2.05, 4.69) is 10.6 Å². The fourth-order valence-electron chi connectivity index (χ4n) is 2.96. The van der Waals surface area contributed by atoms with E-state index in [0.29, 0.717) is 26.3 Å². The van der Waals surface area contributed by atoms with Gasteiger partial charge in [-0.15, -0.1) is 0 Å². The molecule has 2 heterocycles. The van der Waals surface area contributed by atoms with Gasteiger partial charge >= 0.3 is 0 Å². The highest BCUT2D eigenvalue weighted by atomic mass is 16.6. The van der Waals surface area contributed by atoms with Crippen LogP contribution >= 0.6 is 0 Å². The Morgan fingerprint density at radius 1 is 1.45 bits per heavy atom. The Hall–Kier alpha value is -1.79. The highest BCUT2D eigenvalue weighted by molar-refractivity contribution is 5.83. The molecule has 1 saturated heterocycles. The second-order valence-electron chi connectivity index (χ2n) is 5.85. The van der Waals surface area contributed by atoms with E-state index in [0.717, 1.165) is 24.5 Å². The minimum atomic E-state index is -0.470. The van der Waals surface area contributed by atoms with E-state index in [1.165, 1.54) is 0 Å². The lowest BCUT2D eigenvalue weighted by Gasteiger charge is -2.29.